The molecule has 0 radical (unpaired) electrons. The van der Waals surface area contributed by atoms with Gasteiger partial charge in [0, 0.05) is 39.3 Å². The van der Waals surface area contributed by atoms with Gasteiger partial charge in [0.25, 0.3) is 0 Å². The zero-order chi connectivity index (χ0) is 17.6. The van der Waals surface area contributed by atoms with Gasteiger partial charge >= 0.3 is 0 Å². The number of ether oxygens (including phenoxy) is 2. The zero-order valence-corrected chi connectivity index (χ0v) is 15.3. The fourth-order valence-corrected chi connectivity index (χ4v) is 3.62. The Bertz CT molecular complexity index is 587. The molecule has 2 saturated heterocycles. The maximum absolute atomic E-state index is 12.6. The molecule has 0 aliphatic carbocycles. The summed E-state index contributed by atoms with van der Waals surface area (Å²) in [5.74, 6) is 1.79. The molecule has 1 atom stereocenters. The van der Waals surface area contributed by atoms with Crippen molar-refractivity contribution in [1.29, 1.82) is 0 Å². The molecule has 0 aromatic heterocycles. The molecule has 2 heterocycles. The largest absolute Gasteiger partial charge is 0.493 e. The van der Waals surface area contributed by atoms with Gasteiger partial charge in [-0.2, -0.15) is 0 Å². The van der Waals surface area contributed by atoms with Crippen LogP contribution < -0.4 is 14.8 Å². The Labute approximate surface area is 150 Å². The number of piperazine rings is 1. The molecule has 1 aromatic carbocycles. The van der Waals surface area contributed by atoms with Gasteiger partial charge in [-0.15, -0.1) is 0 Å². The van der Waals surface area contributed by atoms with Crippen molar-refractivity contribution in [3.05, 3.63) is 23.8 Å². The van der Waals surface area contributed by atoms with E-state index >= 15 is 0 Å². The number of amides is 1. The first-order valence-electron chi connectivity index (χ1n) is 9.25. The van der Waals surface area contributed by atoms with Gasteiger partial charge in [-0.1, -0.05) is 6.07 Å². The highest BCUT2D eigenvalue weighted by Crippen LogP contribution is 2.28. The number of hydrogen-bond donors (Lipinski definition) is 1. The van der Waals surface area contributed by atoms with Crippen molar-refractivity contribution in [3.8, 4) is 11.5 Å². The normalized spacial score (nSPS) is 21.4. The average Bonchev–Trinajstić information content (AvgIpc) is 3.17. The van der Waals surface area contributed by atoms with Crippen LogP contribution in [-0.4, -0.2) is 68.2 Å². The van der Waals surface area contributed by atoms with Gasteiger partial charge in [0.05, 0.1) is 19.8 Å². The van der Waals surface area contributed by atoms with E-state index in [1.165, 1.54) is 5.56 Å². The fraction of sp³-hybridized carbons (Fsp3) is 0.632. The first kappa shape index (κ1) is 18.0. The number of nitrogens with zero attached hydrogens (tertiary/aromatic N) is 2. The van der Waals surface area contributed by atoms with Crippen LogP contribution in [0.1, 0.15) is 25.3 Å². The van der Waals surface area contributed by atoms with E-state index in [-0.39, 0.29) is 11.9 Å². The molecule has 0 saturated carbocycles. The molecule has 1 N–H and O–H groups in total. The van der Waals surface area contributed by atoms with E-state index < -0.39 is 0 Å². The second-order valence-electron chi connectivity index (χ2n) is 6.69. The summed E-state index contributed by atoms with van der Waals surface area (Å²) in [7, 11) is 1.66. The van der Waals surface area contributed by atoms with Crippen molar-refractivity contribution in [2.24, 2.45) is 0 Å². The molecule has 6 heteroatoms. The monoisotopic (exact) mass is 347 g/mol. The van der Waals surface area contributed by atoms with Gasteiger partial charge in [0.1, 0.15) is 0 Å². The summed E-state index contributed by atoms with van der Waals surface area (Å²) in [6.45, 7) is 7.76. The Morgan fingerprint density at radius 2 is 2.04 bits per heavy atom. The molecule has 2 aliphatic rings. The molecule has 0 bridgehead atoms. The summed E-state index contributed by atoms with van der Waals surface area (Å²) in [5.41, 5.74) is 1.18. The smallest absolute Gasteiger partial charge is 0.241 e. The third-order valence-electron chi connectivity index (χ3n) is 4.91. The van der Waals surface area contributed by atoms with Gasteiger partial charge in [-0.25, -0.2) is 0 Å². The van der Waals surface area contributed by atoms with Crippen molar-refractivity contribution in [2.75, 3.05) is 46.4 Å². The second-order valence-corrected chi connectivity index (χ2v) is 6.69. The Kier molecular flexibility index (Phi) is 6.15. The quantitative estimate of drug-likeness (QED) is 0.845. The molecule has 2 fully saturated rings. The minimum atomic E-state index is -0.0866. The maximum atomic E-state index is 12.6. The lowest BCUT2D eigenvalue weighted by Crippen LogP contribution is -2.57. The number of benzene rings is 1. The van der Waals surface area contributed by atoms with Crippen LogP contribution in [-0.2, 0) is 11.3 Å². The van der Waals surface area contributed by atoms with E-state index in [1.54, 1.807) is 7.11 Å². The van der Waals surface area contributed by atoms with Crippen molar-refractivity contribution >= 4 is 5.91 Å². The first-order valence-corrected chi connectivity index (χ1v) is 9.25. The SMILES string of the molecule is CCOc1ccc(CN2CCNC(C(=O)N3CCCC3)C2)cc1OC. The highest BCUT2D eigenvalue weighted by Gasteiger charge is 2.30. The summed E-state index contributed by atoms with van der Waals surface area (Å²) in [4.78, 5) is 17.0. The second kappa shape index (κ2) is 8.54. The molecule has 25 heavy (non-hydrogen) atoms. The van der Waals surface area contributed by atoms with E-state index in [4.69, 9.17) is 9.47 Å². The molecule has 2 aliphatic heterocycles. The summed E-state index contributed by atoms with van der Waals surface area (Å²) >= 11 is 0. The number of hydrogen-bond acceptors (Lipinski definition) is 5. The third-order valence-corrected chi connectivity index (χ3v) is 4.91. The highest BCUT2D eigenvalue weighted by atomic mass is 16.5. The van der Waals surface area contributed by atoms with E-state index in [9.17, 15) is 4.79 Å². The summed E-state index contributed by atoms with van der Waals surface area (Å²) in [5, 5.41) is 3.38. The highest BCUT2D eigenvalue weighted by molar-refractivity contribution is 5.82. The van der Waals surface area contributed by atoms with Crippen LogP contribution in [0.15, 0.2) is 18.2 Å². The van der Waals surface area contributed by atoms with Crippen molar-refractivity contribution in [1.82, 2.24) is 15.1 Å². The van der Waals surface area contributed by atoms with Crippen molar-refractivity contribution < 1.29 is 14.3 Å². The van der Waals surface area contributed by atoms with Gasteiger partial charge in [0.2, 0.25) is 5.91 Å². The maximum Gasteiger partial charge on any atom is 0.241 e. The molecular weight excluding hydrogens is 318 g/mol. The van der Waals surface area contributed by atoms with Crippen LogP contribution in [0.25, 0.3) is 0 Å². The number of carbonyl (C=O) groups excluding carboxylic acids is 1. The fourth-order valence-electron chi connectivity index (χ4n) is 3.62. The van der Waals surface area contributed by atoms with Crippen LogP contribution in [0, 0.1) is 0 Å². The molecule has 138 valence electrons. The lowest BCUT2D eigenvalue weighted by molar-refractivity contribution is -0.133. The molecule has 1 aromatic rings. The lowest BCUT2D eigenvalue weighted by Gasteiger charge is -2.34. The first-order chi connectivity index (χ1) is 12.2. The van der Waals surface area contributed by atoms with Crippen LogP contribution in [0.3, 0.4) is 0 Å². The van der Waals surface area contributed by atoms with Crippen molar-refractivity contribution in [3.63, 3.8) is 0 Å². The third kappa shape index (κ3) is 4.44. The molecular formula is C19H29N3O3. The van der Waals surface area contributed by atoms with Crippen LogP contribution in [0.2, 0.25) is 0 Å². The standard InChI is InChI=1S/C19H29N3O3/c1-3-25-17-7-6-15(12-18(17)24-2)13-21-11-8-20-16(14-21)19(23)22-9-4-5-10-22/h6-7,12,16,20H,3-5,8-11,13-14H2,1-2H3. The van der Waals surface area contributed by atoms with E-state index in [1.807, 2.05) is 24.0 Å². The van der Waals surface area contributed by atoms with Crippen molar-refractivity contribution in [2.45, 2.75) is 32.4 Å². The summed E-state index contributed by atoms with van der Waals surface area (Å²) in [6, 6.07) is 5.99. The van der Waals surface area contributed by atoms with Crippen LogP contribution in [0.5, 0.6) is 11.5 Å². The topological polar surface area (TPSA) is 54.0 Å². The molecule has 6 nitrogen and oxygen atoms in total. The Balaban J connectivity index is 1.61. The van der Waals surface area contributed by atoms with Gasteiger partial charge < -0.3 is 19.7 Å². The Hall–Kier alpha value is -1.79. The van der Waals surface area contributed by atoms with Crippen LogP contribution in [0.4, 0.5) is 0 Å². The summed E-state index contributed by atoms with van der Waals surface area (Å²) in [6.07, 6.45) is 2.27. The number of likely N-dealkylation sites (tertiary alicyclic amines) is 1. The van der Waals surface area contributed by atoms with E-state index in [2.05, 4.69) is 16.3 Å². The van der Waals surface area contributed by atoms with E-state index in [0.29, 0.717) is 6.61 Å². The van der Waals surface area contributed by atoms with Crippen LogP contribution >= 0.6 is 0 Å². The van der Waals surface area contributed by atoms with E-state index in [0.717, 1.165) is 63.6 Å². The molecule has 1 amide bonds. The summed E-state index contributed by atoms with van der Waals surface area (Å²) < 4.78 is 11.0. The number of rotatable bonds is 6. The lowest BCUT2D eigenvalue weighted by atomic mass is 10.1. The molecule has 3 rings (SSSR count). The minimum absolute atomic E-state index is 0.0866. The average molecular weight is 347 g/mol. The van der Waals surface area contributed by atoms with Gasteiger partial charge in [0.15, 0.2) is 11.5 Å². The predicted octanol–water partition coefficient (Wildman–Crippen LogP) is 1.49. The Morgan fingerprint density at radius 3 is 2.76 bits per heavy atom. The van der Waals surface area contributed by atoms with Gasteiger partial charge in [-0.05, 0) is 37.5 Å². The number of methoxy groups -OCH3 is 1. The van der Waals surface area contributed by atoms with Gasteiger partial charge in [-0.3, -0.25) is 9.69 Å². The zero-order valence-electron chi connectivity index (χ0n) is 15.3. The molecule has 1 unspecified atom stereocenters. The number of nitrogens with one attached hydrogen (secondary N) is 1. The molecule has 0 spiro atoms. The Morgan fingerprint density at radius 1 is 1.24 bits per heavy atom. The number of carbonyl (C=O) groups is 1. The minimum Gasteiger partial charge on any atom is -0.493 e. The predicted molar refractivity (Wildman–Crippen MR) is 97.0 cm³/mol.